The third kappa shape index (κ3) is 3.01. The van der Waals surface area contributed by atoms with Crippen LogP contribution in [-0.4, -0.2) is 22.7 Å². The molecule has 4 nitrogen and oxygen atoms in total. The van der Waals surface area contributed by atoms with Crippen LogP contribution in [-0.2, 0) is 4.79 Å². The van der Waals surface area contributed by atoms with Crippen molar-refractivity contribution in [2.24, 2.45) is 0 Å². The van der Waals surface area contributed by atoms with E-state index >= 15 is 0 Å². The van der Waals surface area contributed by atoms with Gasteiger partial charge in [-0.2, -0.15) is 0 Å². The number of carboxylic acids is 1. The molecule has 16 heavy (non-hydrogen) atoms. The van der Waals surface area contributed by atoms with Gasteiger partial charge in [-0.25, -0.2) is 4.79 Å². The largest absolute Gasteiger partial charge is 0.496 e. The van der Waals surface area contributed by atoms with Crippen LogP contribution >= 0.6 is 12.0 Å². The van der Waals surface area contributed by atoms with E-state index in [1.54, 1.807) is 19.2 Å². The number of hydrogen-bond acceptors (Lipinski definition) is 4. The summed E-state index contributed by atoms with van der Waals surface area (Å²) in [6.45, 7) is 1.85. The second-order valence-electron chi connectivity index (χ2n) is 3.12. The molecule has 0 saturated heterocycles. The van der Waals surface area contributed by atoms with Gasteiger partial charge in [0.05, 0.1) is 7.11 Å². The number of hydrogen-bond donors (Lipinski definition) is 2. The van der Waals surface area contributed by atoms with Crippen LogP contribution in [0.1, 0.15) is 11.1 Å². The summed E-state index contributed by atoms with van der Waals surface area (Å²) in [4.78, 5) is 11.0. The average Bonchev–Trinajstić information content (AvgIpc) is 2.26. The SMILES string of the molecule is COc1cc(/C=C/C(=O)O)c(SO)cc1C. The lowest BCUT2D eigenvalue weighted by Crippen LogP contribution is -1.91. The fraction of sp³-hybridized carbons (Fsp3) is 0.182. The maximum atomic E-state index is 10.4. The predicted molar refractivity (Wildman–Crippen MR) is 62.9 cm³/mol. The second-order valence-corrected chi connectivity index (χ2v) is 3.74. The quantitative estimate of drug-likeness (QED) is 0.625. The summed E-state index contributed by atoms with van der Waals surface area (Å²) in [6, 6.07) is 3.43. The Morgan fingerprint density at radius 3 is 2.69 bits per heavy atom. The summed E-state index contributed by atoms with van der Waals surface area (Å²) >= 11 is 0.581. The maximum absolute atomic E-state index is 10.4. The molecule has 0 heterocycles. The maximum Gasteiger partial charge on any atom is 0.328 e. The van der Waals surface area contributed by atoms with E-state index in [9.17, 15) is 4.79 Å². The van der Waals surface area contributed by atoms with Gasteiger partial charge in [0, 0.05) is 23.0 Å². The third-order valence-electron chi connectivity index (χ3n) is 2.03. The molecule has 0 amide bonds. The molecule has 0 fully saturated rings. The van der Waals surface area contributed by atoms with E-state index in [4.69, 9.17) is 14.4 Å². The van der Waals surface area contributed by atoms with Gasteiger partial charge in [0.25, 0.3) is 0 Å². The van der Waals surface area contributed by atoms with Crippen LogP contribution < -0.4 is 4.74 Å². The van der Waals surface area contributed by atoms with Crippen LogP contribution in [0.3, 0.4) is 0 Å². The van der Waals surface area contributed by atoms with Crippen molar-refractivity contribution < 1.29 is 19.2 Å². The number of carboxylic acid groups (broad SMARTS) is 1. The van der Waals surface area contributed by atoms with Crippen LogP contribution in [0.25, 0.3) is 6.08 Å². The smallest absolute Gasteiger partial charge is 0.328 e. The lowest BCUT2D eigenvalue weighted by molar-refractivity contribution is -0.131. The molecular formula is C11H12O4S. The zero-order valence-electron chi connectivity index (χ0n) is 8.93. The van der Waals surface area contributed by atoms with Gasteiger partial charge >= 0.3 is 5.97 Å². The molecule has 1 aromatic carbocycles. The molecule has 0 radical (unpaired) electrons. The van der Waals surface area contributed by atoms with E-state index < -0.39 is 5.97 Å². The molecule has 0 aliphatic rings. The Kier molecular flexibility index (Phi) is 4.39. The molecule has 0 aliphatic carbocycles. The fourth-order valence-corrected chi connectivity index (χ4v) is 1.73. The van der Waals surface area contributed by atoms with Crippen LogP contribution in [0.5, 0.6) is 5.75 Å². The van der Waals surface area contributed by atoms with Crippen LogP contribution in [0.2, 0.25) is 0 Å². The highest BCUT2D eigenvalue weighted by Crippen LogP contribution is 2.29. The number of aryl methyl sites for hydroxylation is 1. The molecular weight excluding hydrogens is 228 g/mol. The van der Waals surface area contributed by atoms with Crippen LogP contribution in [0.4, 0.5) is 0 Å². The Hall–Kier alpha value is -1.46. The van der Waals surface area contributed by atoms with Gasteiger partial charge in [-0.3, -0.25) is 0 Å². The standard InChI is InChI=1S/C11H12O4S/c1-7-5-10(16-14)8(3-4-11(12)13)6-9(7)15-2/h3-6,14H,1-2H3,(H,12,13)/b4-3+. The first-order valence-corrected chi connectivity index (χ1v) is 5.27. The molecule has 0 saturated carbocycles. The molecule has 0 aromatic heterocycles. The minimum atomic E-state index is -1.03. The predicted octanol–water partition coefficient (Wildman–Crippen LogP) is 2.67. The van der Waals surface area contributed by atoms with Crippen molar-refractivity contribution in [2.75, 3.05) is 7.11 Å². The Morgan fingerprint density at radius 2 is 2.19 bits per heavy atom. The van der Waals surface area contributed by atoms with E-state index in [-0.39, 0.29) is 0 Å². The first-order valence-electron chi connectivity index (χ1n) is 4.49. The minimum absolute atomic E-state index is 0.581. The molecule has 1 aromatic rings. The summed E-state index contributed by atoms with van der Waals surface area (Å²) in [5.41, 5.74) is 1.49. The lowest BCUT2D eigenvalue weighted by atomic mass is 10.1. The first kappa shape index (κ1) is 12.6. The van der Waals surface area contributed by atoms with E-state index in [2.05, 4.69) is 0 Å². The summed E-state index contributed by atoms with van der Waals surface area (Å²) in [6.07, 6.45) is 2.44. The molecule has 0 bridgehead atoms. The van der Waals surface area contributed by atoms with Gasteiger partial charge in [0.1, 0.15) is 5.75 Å². The van der Waals surface area contributed by atoms with Crippen molar-refractivity contribution in [3.63, 3.8) is 0 Å². The van der Waals surface area contributed by atoms with E-state index in [0.29, 0.717) is 28.3 Å². The highest BCUT2D eigenvalue weighted by atomic mass is 32.2. The van der Waals surface area contributed by atoms with E-state index in [1.807, 2.05) is 6.92 Å². The van der Waals surface area contributed by atoms with Gasteiger partial charge in [-0.05, 0) is 36.3 Å². The summed E-state index contributed by atoms with van der Waals surface area (Å²) in [5, 5.41) is 8.53. The Bertz CT molecular complexity index is 426. The van der Waals surface area contributed by atoms with Gasteiger partial charge in [-0.15, -0.1) is 0 Å². The third-order valence-corrected chi connectivity index (χ3v) is 2.58. The van der Waals surface area contributed by atoms with Gasteiger partial charge in [-0.1, -0.05) is 0 Å². The highest BCUT2D eigenvalue weighted by Gasteiger charge is 2.06. The molecule has 0 unspecified atom stereocenters. The molecule has 1 rings (SSSR count). The Morgan fingerprint density at radius 1 is 1.50 bits per heavy atom. The normalized spacial score (nSPS) is 10.7. The van der Waals surface area contributed by atoms with Crippen LogP contribution in [0.15, 0.2) is 23.1 Å². The summed E-state index contributed by atoms with van der Waals surface area (Å²) in [5.74, 6) is -0.378. The monoisotopic (exact) mass is 240 g/mol. The zero-order chi connectivity index (χ0) is 12.1. The molecule has 86 valence electrons. The number of rotatable bonds is 4. The molecule has 0 atom stereocenters. The number of aliphatic carboxylic acids is 1. The summed E-state index contributed by atoms with van der Waals surface area (Å²) < 4.78 is 14.2. The molecule has 2 N–H and O–H groups in total. The summed E-state index contributed by atoms with van der Waals surface area (Å²) in [7, 11) is 1.54. The van der Waals surface area contributed by atoms with Crippen molar-refractivity contribution in [3.8, 4) is 5.75 Å². The molecule has 5 heteroatoms. The number of ether oxygens (including phenoxy) is 1. The second kappa shape index (κ2) is 5.58. The van der Waals surface area contributed by atoms with Gasteiger partial charge in [0.2, 0.25) is 0 Å². The Balaban J connectivity index is 3.19. The van der Waals surface area contributed by atoms with Crippen molar-refractivity contribution in [1.82, 2.24) is 0 Å². The van der Waals surface area contributed by atoms with Crippen molar-refractivity contribution in [2.45, 2.75) is 11.8 Å². The number of carbonyl (C=O) groups is 1. The van der Waals surface area contributed by atoms with Gasteiger partial charge < -0.3 is 14.4 Å². The zero-order valence-corrected chi connectivity index (χ0v) is 9.75. The van der Waals surface area contributed by atoms with Crippen molar-refractivity contribution in [3.05, 3.63) is 29.3 Å². The highest BCUT2D eigenvalue weighted by molar-refractivity contribution is 7.93. The minimum Gasteiger partial charge on any atom is -0.496 e. The van der Waals surface area contributed by atoms with E-state index in [1.165, 1.54) is 6.08 Å². The first-order chi connectivity index (χ1) is 7.58. The Labute approximate surface area is 97.8 Å². The van der Waals surface area contributed by atoms with Gasteiger partial charge in [0.15, 0.2) is 0 Å². The number of benzene rings is 1. The topological polar surface area (TPSA) is 66.8 Å². The number of methoxy groups -OCH3 is 1. The van der Waals surface area contributed by atoms with Crippen LogP contribution in [0, 0.1) is 6.92 Å². The lowest BCUT2D eigenvalue weighted by Gasteiger charge is -2.08. The van der Waals surface area contributed by atoms with Crippen molar-refractivity contribution in [1.29, 1.82) is 0 Å². The van der Waals surface area contributed by atoms with E-state index in [0.717, 1.165) is 11.6 Å². The average molecular weight is 240 g/mol. The van der Waals surface area contributed by atoms with Crippen molar-refractivity contribution >= 4 is 24.1 Å². The molecule has 0 aliphatic heterocycles. The molecule has 0 spiro atoms. The fourth-order valence-electron chi connectivity index (χ4n) is 1.27.